The number of anilines is 2. The van der Waals surface area contributed by atoms with E-state index >= 15 is 0 Å². The molecule has 0 saturated carbocycles. The SMILES string of the molecule is C=CC(=O)N1CCC[C@@H](c2cc(Nc3cc4n(n3)CCOC4)c3ncnn3c2)C1. The number of piperidine rings is 1. The Bertz CT molecular complexity index is 1050. The summed E-state index contributed by atoms with van der Waals surface area (Å²) in [6.07, 6.45) is 6.93. The Morgan fingerprint density at radius 1 is 1.34 bits per heavy atom. The maximum Gasteiger partial charge on any atom is 0.245 e. The second-order valence-electron chi connectivity index (χ2n) is 7.46. The van der Waals surface area contributed by atoms with Crippen LogP contribution in [0.1, 0.15) is 30.0 Å². The van der Waals surface area contributed by atoms with Gasteiger partial charge in [-0.2, -0.15) is 10.2 Å². The average molecular weight is 393 g/mol. The van der Waals surface area contributed by atoms with Crippen molar-refractivity contribution in [3.8, 4) is 0 Å². The van der Waals surface area contributed by atoms with Crippen molar-refractivity contribution >= 4 is 23.1 Å². The Balaban J connectivity index is 1.46. The molecule has 9 heteroatoms. The lowest BCUT2D eigenvalue weighted by Crippen LogP contribution is -2.38. The predicted molar refractivity (Wildman–Crippen MR) is 107 cm³/mol. The van der Waals surface area contributed by atoms with Crippen molar-refractivity contribution in [1.29, 1.82) is 0 Å². The first-order valence-corrected chi connectivity index (χ1v) is 9.87. The zero-order valence-corrected chi connectivity index (χ0v) is 16.1. The van der Waals surface area contributed by atoms with E-state index in [1.807, 2.05) is 21.8 Å². The third-order valence-electron chi connectivity index (χ3n) is 5.60. The minimum Gasteiger partial charge on any atom is -0.373 e. The summed E-state index contributed by atoms with van der Waals surface area (Å²) in [6, 6.07) is 4.11. The fraction of sp³-hybridized carbons (Fsp3) is 0.400. The number of nitrogens with zero attached hydrogens (tertiary/aromatic N) is 6. The van der Waals surface area contributed by atoms with E-state index in [9.17, 15) is 4.79 Å². The van der Waals surface area contributed by atoms with Crippen LogP contribution < -0.4 is 5.32 Å². The van der Waals surface area contributed by atoms with E-state index in [4.69, 9.17) is 4.74 Å². The molecule has 3 aromatic rings. The number of nitrogens with one attached hydrogen (secondary N) is 1. The van der Waals surface area contributed by atoms with E-state index in [1.54, 1.807) is 10.8 Å². The molecule has 5 heterocycles. The molecular formula is C20H23N7O2. The molecule has 0 radical (unpaired) electrons. The second-order valence-corrected chi connectivity index (χ2v) is 7.46. The van der Waals surface area contributed by atoms with E-state index in [2.05, 4.69) is 33.1 Å². The first-order chi connectivity index (χ1) is 14.2. The smallest absolute Gasteiger partial charge is 0.245 e. The molecule has 9 nitrogen and oxygen atoms in total. The van der Waals surface area contributed by atoms with Crippen molar-refractivity contribution in [3.05, 3.63) is 48.6 Å². The maximum atomic E-state index is 12.1. The van der Waals surface area contributed by atoms with Crippen LogP contribution >= 0.6 is 0 Å². The predicted octanol–water partition coefficient (Wildman–Crippen LogP) is 2.09. The topological polar surface area (TPSA) is 89.6 Å². The highest BCUT2D eigenvalue weighted by atomic mass is 16.5. The number of likely N-dealkylation sites (tertiary alicyclic amines) is 1. The molecule has 1 atom stereocenters. The van der Waals surface area contributed by atoms with Crippen LogP contribution in [0.15, 0.2) is 37.3 Å². The number of hydrogen-bond acceptors (Lipinski definition) is 6. The Labute approximate surface area is 168 Å². The number of hydrogen-bond donors (Lipinski definition) is 1. The van der Waals surface area contributed by atoms with Gasteiger partial charge in [-0.1, -0.05) is 6.58 Å². The summed E-state index contributed by atoms with van der Waals surface area (Å²) in [5.74, 6) is 0.991. The van der Waals surface area contributed by atoms with E-state index in [0.717, 1.165) is 54.3 Å². The largest absolute Gasteiger partial charge is 0.373 e. The van der Waals surface area contributed by atoms with Gasteiger partial charge in [0.2, 0.25) is 5.91 Å². The Morgan fingerprint density at radius 3 is 3.14 bits per heavy atom. The molecule has 1 amide bonds. The Kier molecular flexibility index (Phi) is 4.51. The number of fused-ring (bicyclic) bond motifs is 2. The summed E-state index contributed by atoms with van der Waals surface area (Å²) in [5.41, 5.74) is 3.77. The van der Waals surface area contributed by atoms with Gasteiger partial charge in [0.1, 0.15) is 6.33 Å². The maximum absolute atomic E-state index is 12.1. The minimum atomic E-state index is -0.0132. The molecule has 0 spiro atoms. The van der Waals surface area contributed by atoms with Crippen molar-refractivity contribution in [1.82, 2.24) is 29.3 Å². The van der Waals surface area contributed by atoms with E-state index in [-0.39, 0.29) is 11.8 Å². The van der Waals surface area contributed by atoms with Gasteiger partial charge in [-0.3, -0.25) is 9.48 Å². The number of ether oxygens (including phenoxy) is 1. The third-order valence-corrected chi connectivity index (χ3v) is 5.60. The van der Waals surface area contributed by atoms with Crippen molar-refractivity contribution in [2.75, 3.05) is 25.0 Å². The van der Waals surface area contributed by atoms with E-state index < -0.39 is 0 Å². The Hall–Kier alpha value is -3.20. The zero-order valence-electron chi connectivity index (χ0n) is 16.1. The summed E-state index contributed by atoms with van der Waals surface area (Å²) >= 11 is 0. The lowest BCUT2D eigenvalue weighted by atomic mass is 9.91. The average Bonchev–Trinajstić information content (AvgIpc) is 3.39. The van der Waals surface area contributed by atoms with Gasteiger partial charge in [-0.15, -0.1) is 0 Å². The lowest BCUT2D eigenvalue weighted by molar-refractivity contribution is -0.127. The molecular weight excluding hydrogens is 370 g/mol. The van der Waals surface area contributed by atoms with Gasteiger partial charge < -0.3 is 15.0 Å². The fourth-order valence-corrected chi connectivity index (χ4v) is 4.13. The quantitative estimate of drug-likeness (QED) is 0.683. The molecule has 1 N–H and O–H groups in total. The lowest BCUT2D eigenvalue weighted by Gasteiger charge is -2.32. The molecule has 5 rings (SSSR count). The van der Waals surface area contributed by atoms with Crippen molar-refractivity contribution in [2.24, 2.45) is 0 Å². The number of amides is 1. The molecule has 1 saturated heterocycles. The van der Waals surface area contributed by atoms with Gasteiger partial charge >= 0.3 is 0 Å². The van der Waals surface area contributed by atoms with Crippen LogP contribution in [0.2, 0.25) is 0 Å². The van der Waals surface area contributed by atoms with Gasteiger partial charge in [-0.25, -0.2) is 9.50 Å². The summed E-state index contributed by atoms with van der Waals surface area (Å²) in [6.45, 7) is 7.08. The molecule has 0 unspecified atom stereocenters. The van der Waals surface area contributed by atoms with Crippen LogP contribution in [-0.4, -0.2) is 54.9 Å². The fourth-order valence-electron chi connectivity index (χ4n) is 4.13. The van der Waals surface area contributed by atoms with Crippen LogP contribution in [0, 0.1) is 0 Å². The van der Waals surface area contributed by atoms with Gasteiger partial charge in [0.15, 0.2) is 11.5 Å². The number of carbonyl (C=O) groups excluding carboxylic acids is 1. The van der Waals surface area contributed by atoms with Gasteiger partial charge in [0.25, 0.3) is 0 Å². The third kappa shape index (κ3) is 3.38. The molecule has 0 aromatic carbocycles. The molecule has 1 fully saturated rings. The molecule has 29 heavy (non-hydrogen) atoms. The first-order valence-electron chi connectivity index (χ1n) is 9.87. The van der Waals surface area contributed by atoms with Crippen molar-refractivity contribution in [3.63, 3.8) is 0 Å². The number of pyridine rings is 1. The standard InChI is InChI=1S/C20H23N7O2/c1-2-19(28)25-5-3-4-14(10-25)15-8-17(20-21-13-22-27(20)11-15)23-18-9-16-12-29-7-6-26(16)24-18/h2,8-9,11,13-14H,1,3-7,10,12H2,(H,23,24)/t14-/m1/s1. The Morgan fingerprint density at radius 2 is 2.28 bits per heavy atom. The molecule has 2 aliphatic rings. The summed E-state index contributed by atoms with van der Waals surface area (Å²) < 4.78 is 9.25. The minimum absolute atomic E-state index is 0.0132. The molecule has 3 aromatic heterocycles. The number of aromatic nitrogens is 5. The van der Waals surface area contributed by atoms with Crippen LogP contribution in [-0.2, 0) is 22.7 Å². The highest BCUT2D eigenvalue weighted by Crippen LogP contribution is 2.31. The van der Waals surface area contributed by atoms with E-state index in [1.165, 1.54) is 6.08 Å². The van der Waals surface area contributed by atoms with Crippen LogP contribution in [0.4, 0.5) is 11.5 Å². The summed E-state index contributed by atoms with van der Waals surface area (Å²) in [7, 11) is 0. The first kappa shape index (κ1) is 17.9. The van der Waals surface area contributed by atoms with Crippen LogP contribution in [0.3, 0.4) is 0 Å². The second kappa shape index (κ2) is 7.32. The molecule has 0 aliphatic carbocycles. The summed E-state index contributed by atoms with van der Waals surface area (Å²) in [4.78, 5) is 18.3. The summed E-state index contributed by atoms with van der Waals surface area (Å²) in [5, 5.41) is 12.4. The number of carbonyl (C=O) groups is 1. The zero-order chi connectivity index (χ0) is 19.8. The van der Waals surface area contributed by atoms with Crippen LogP contribution in [0.5, 0.6) is 0 Å². The van der Waals surface area contributed by atoms with Crippen molar-refractivity contribution < 1.29 is 9.53 Å². The van der Waals surface area contributed by atoms with Gasteiger partial charge in [0, 0.05) is 31.3 Å². The van der Waals surface area contributed by atoms with E-state index in [0.29, 0.717) is 19.8 Å². The van der Waals surface area contributed by atoms with Gasteiger partial charge in [0.05, 0.1) is 31.1 Å². The monoisotopic (exact) mass is 393 g/mol. The number of rotatable bonds is 4. The van der Waals surface area contributed by atoms with Gasteiger partial charge in [-0.05, 0) is 30.5 Å². The van der Waals surface area contributed by atoms with Crippen LogP contribution in [0.25, 0.3) is 5.65 Å². The highest BCUT2D eigenvalue weighted by Gasteiger charge is 2.25. The molecule has 2 aliphatic heterocycles. The normalized spacial score (nSPS) is 19.2. The molecule has 0 bridgehead atoms. The van der Waals surface area contributed by atoms with Crippen molar-refractivity contribution in [2.45, 2.75) is 31.9 Å². The highest BCUT2D eigenvalue weighted by molar-refractivity contribution is 5.87. The molecule has 150 valence electrons.